The highest BCUT2D eigenvalue weighted by atomic mass is 16.3. The smallest absolute Gasteiger partial charge is 0.271 e. The molecule has 0 spiro atoms. The van der Waals surface area contributed by atoms with Crippen molar-refractivity contribution in [3.05, 3.63) is 48.0 Å². The first-order valence-corrected chi connectivity index (χ1v) is 10.6. The molecule has 0 saturated heterocycles. The van der Waals surface area contributed by atoms with Crippen LogP contribution in [0.15, 0.2) is 36.7 Å². The van der Waals surface area contributed by atoms with Gasteiger partial charge in [0.2, 0.25) is 0 Å². The van der Waals surface area contributed by atoms with Crippen LogP contribution in [0.25, 0.3) is 33.5 Å². The number of carbonyl (C=O) groups excluding carboxylic acids is 1. The average Bonchev–Trinajstić information content (AvgIpc) is 3.33. The maximum absolute atomic E-state index is 12.5. The number of H-pyrrole nitrogens is 1. The van der Waals surface area contributed by atoms with E-state index < -0.39 is 11.4 Å². The second kappa shape index (κ2) is 8.06. The molecule has 0 bridgehead atoms. The first kappa shape index (κ1) is 22.0. The maximum atomic E-state index is 12.5. The molecule has 4 heterocycles. The number of nitrogens with one attached hydrogen (secondary N) is 2. The minimum Gasteiger partial charge on any atom is -0.505 e. The molecule has 9 nitrogen and oxygen atoms in total. The van der Waals surface area contributed by atoms with Crippen LogP contribution in [-0.2, 0) is 0 Å². The molecular formula is C24H25N7O2. The number of fused-ring (bicyclic) bond motifs is 1. The topological polar surface area (TPSA) is 133 Å². The number of aromatic nitrogens is 5. The molecule has 0 radical (unpaired) electrons. The Morgan fingerprint density at radius 1 is 1.33 bits per heavy atom. The van der Waals surface area contributed by atoms with Crippen molar-refractivity contribution in [3.8, 4) is 34.3 Å². The number of hydrogen-bond acceptors (Lipinski definition) is 6. The predicted molar refractivity (Wildman–Crippen MR) is 124 cm³/mol. The number of nitriles is 1. The summed E-state index contributed by atoms with van der Waals surface area (Å²) in [5.41, 5.74) is 3.04. The molecule has 0 fully saturated rings. The normalized spacial score (nSPS) is 11.7. The van der Waals surface area contributed by atoms with Crippen molar-refractivity contribution in [1.29, 1.82) is 5.26 Å². The third-order valence-electron chi connectivity index (χ3n) is 5.32. The number of hydrogen-bond donors (Lipinski definition) is 3. The van der Waals surface area contributed by atoms with E-state index in [0.29, 0.717) is 28.0 Å². The van der Waals surface area contributed by atoms with Crippen LogP contribution in [0.1, 0.15) is 49.9 Å². The Morgan fingerprint density at radius 2 is 2.09 bits per heavy atom. The second-order valence-electron chi connectivity index (χ2n) is 8.77. The maximum Gasteiger partial charge on any atom is 0.271 e. The SMILES string of the molecule is Cc1nn(C(C)C)cc1-c1[nH]c2ncc(-c3cccc(C(=O)NC(C)(C)C#N)n3)cc2c1O. The summed E-state index contributed by atoms with van der Waals surface area (Å²) in [6.45, 7) is 9.21. The van der Waals surface area contributed by atoms with Crippen LogP contribution in [0.2, 0.25) is 0 Å². The summed E-state index contributed by atoms with van der Waals surface area (Å²) >= 11 is 0. The van der Waals surface area contributed by atoms with Crippen LogP contribution < -0.4 is 5.32 Å². The minimum absolute atomic E-state index is 0.0791. The van der Waals surface area contributed by atoms with Gasteiger partial charge in [-0.15, -0.1) is 0 Å². The van der Waals surface area contributed by atoms with Crippen molar-refractivity contribution in [3.63, 3.8) is 0 Å². The molecule has 0 saturated carbocycles. The molecule has 9 heteroatoms. The lowest BCUT2D eigenvalue weighted by atomic mass is 10.1. The van der Waals surface area contributed by atoms with E-state index in [9.17, 15) is 9.90 Å². The lowest BCUT2D eigenvalue weighted by Gasteiger charge is -2.17. The van der Waals surface area contributed by atoms with Crippen LogP contribution in [0.4, 0.5) is 0 Å². The number of carbonyl (C=O) groups is 1. The average molecular weight is 444 g/mol. The van der Waals surface area contributed by atoms with Crippen LogP contribution in [0.5, 0.6) is 5.75 Å². The van der Waals surface area contributed by atoms with Crippen molar-refractivity contribution in [2.45, 2.75) is 46.2 Å². The molecule has 0 atom stereocenters. The Morgan fingerprint density at radius 3 is 2.76 bits per heavy atom. The van der Waals surface area contributed by atoms with Gasteiger partial charge in [0.15, 0.2) is 5.75 Å². The molecular weight excluding hydrogens is 418 g/mol. The van der Waals surface area contributed by atoms with E-state index in [1.54, 1.807) is 44.3 Å². The third-order valence-corrected chi connectivity index (χ3v) is 5.32. The standard InChI is InChI=1S/C24H25N7O2/c1-13(2)31-11-17(14(3)30-31)20-21(32)16-9-15(10-26-22(16)28-20)18-7-6-8-19(27-18)23(33)29-24(4,5)12-25/h6-11,13,32H,1-5H3,(H,26,28)(H,29,33). The molecule has 1 amide bonds. The summed E-state index contributed by atoms with van der Waals surface area (Å²) in [4.78, 5) is 24.6. The Kier molecular flexibility index (Phi) is 5.38. The lowest BCUT2D eigenvalue weighted by molar-refractivity contribution is 0.0924. The van der Waals surface area contributed by atoms with Crippen molar-refractivity contribution in [1.82, 2.24) is 30.0 Å². The summed E-state index contributed by atoms with van der Waals surface area (Å²) < 4.78 is 1.85. The van der Waals surface area contributed by atoms with Gasteiger partial charge in [-0.1, -0.05) is 6.07 Å². The van der Waals surface area contributed by atoms with Gasteiger partial charge in [0.05, 0.1) is 28.5 Å². The van der Waals surface area contributed by atoms with Crippen molar-refractivity contribution in [2.24, 2.45) is 0 Å². The van der Waals surface area contributed by atoms with Gasteiger partial charge in [0.1, 0.15) is 16.9 Å². The van der Waals surface area contributed by atoms with Gasteiger partial charge in [-0.05, 0) is 52.8 Å². The van der Waals surface area contributed by atoms with E-state index in [1.165, 1.54) is 0 Å². The molecule has 0 aromatic carbocycles. The molecule has 0 aliphatic carbocycles. The van der Waals surface area contributed by atoms with Gasteiger partial charge in [0.25, 0.3) is 5.91 Å². The van der Waals surface area contributed by atoms with E-state index in [4.69, 9.17) is 5.26 Å². The number of nitrogens with zero attached hydrogens (tertiary/aromatic N) is 5. The summed E-state index contributed by atoms with van der Waals surface area (Å²) in [5.74, 6) is -0.364. The number of aromatic amines is 1. The molecule has 4 aromatic rings. The zero-order valence-corrected chi connectivity index (χ0v) is 19.1. The van der Waals surface area contributed by atoms with E-state index >= 15 is 0 Å². The Bertz CT molecular complexity index is 1410. The molecule has 0 aliphatic rings. The molecule has 4 aromatic heterocycles. The van der Waals surface area contributed by atoms with Crippen LogP contribution >= 0.6 is 0 Å². The fraction of sp³-hybridized carbons (Fsp3) is 0.292. The quantitative estimate of drug-likeness (QED) is 0.425. The highest BCUT2D eigenvalue weighted by molar-refractivity contribution is 5.95. The molecule has 168 valence electrons. The predicted octanol–water partition coefficient (Wildman–Crippen LogP) is 4.12. The summed E-state index contributed by atoms with van der Waals surface area (Å²) in [6.07, 6.45) is 3.54. The van der Waals surface area contributed by atoms with Crippen LogP contribution in [-0.4, -0.2) is 41.3 Å². The highest BCUT2D eigenvalue weighted by Crippen LogP contribution is 2.38. The van der Waals surface area contributed by atoms with Crippen LogP contribution in [0.3, 0.4) is 0 Å². The van der Waals surface area contributed by atoms with Crippen LogP contribution in [0, 0.1) is 18.3 Å². The fourth-order valence-corrected chi connectivity index (χ4v) is 3.48. The first-order valence-electron chi connectivity index (χ1n) is 10.6. The fourth-order valence-electron chi connectivity index (χ4n) is 3.48. The van der Waals surface area contributed by atoms with Gasteiger partial charge >= 0.3 is 0 Å². The highest BCUT2D eigenvalue weighted by Gasteiger charge is 2.22. The Hall–Kier alpha value is -4.19. The summed E-state index contributed by atoms with van der Waals surface area (Å²) in [5, 5.41) is 27.8. The molecule has 33 heavy (non-hydrogen) atoms. The van der Waals surface area contributed by atoms with Gasteiger partial charge in [-0.25, -0.2) is 9.97 Å². The number of aryl methyl sites for hydroxylation is 1. The zero-order valence-electron chi connectivity index (χ0n) is 19.1. The molecule has 4 rings (SSSR count). The van der Waals surface area contributed by atoms with Gasteiger partial charge < -0.3 is 15.4 Å². The third kappa shape index (κ3) is 4.15. The van der Waals surface area contributed by atoms with E-state index in [-0.39, 0.29) is 17.5 Å². The number of pyridine rings is 2. The number of aromatic hydroxyl groups is 1. The van der Waals surface area contributed by atoms with E-state index in [0.717, 1.165) is 11.3 Å². The van der Waals surface area contributed by atoms with Gasteiger partial charge in [-0.2, -0.15) is 10.4 Å². The monoisotopic (exact) mass is 443 g/mol. The van der Waals surface area contributed by atoms with Gasteiger partial charge in [-0.3, -0.25) is 9.48 Å². The van der Waals surface area contributed by atoms with Crippen molar-refractivity contribution >= 4 is 16.9 Å². The van der Waals surface area contributed by atoms with Crippen molar-refractivity contribution in [2.75, 3.05) is 0 Å². The van der Waals surface area contributed by atoms with Crippen molar-refractivity contribution < 1.29 is 9.90 Å². The van der Waals surface area contributed by atoms with Gasteiger partial charge in [0, 0.05) is 29.6 Å². The number of rotatable bonds is 5. The second-order valence-corrected chi connectivity index (χ2v) is 8.77. The van der Waals surface area contributed by atoms with E-state index in [1.807, 2.05) is 37.7 Å². The Balaban J connectivity index is 1.72. The molecule has 0 aliphatic heterocycles. The largest absolute Gasteiger partial charge is 0.505 e. The summed E-state index contributed by atoms with van der Waals surface area (Å²) in [7, 11) is 0. The molecule has 0 unspecified atom stereocenters. The lowest BCUT2D eigenvalue weighted by Crippen LogP contribution is -2.42. The zero-order chi connectivity index (χ0) is 23.9. The molecule has 3 N–H and O–H groups in total. The van der Waals surface area contributed by atoms with E-state index in [2.05, 4.69) is 25.4 Å². The minimum atomic E-state index is -1.01. The first-order chi connectivity index (χ1) is 15.6. The number of amides is 1. The summed E-state index contributed by atoms with van der Waals surface area (Å²) in [6, 6.07) is 9.07. The Labute approximate surface area is 191 Å².